The van der Waals surface area contributed by atoms with E-state index in [0.717, 1.165) is 29.1 Å². The number of nitrogens with zero attached hydrogens (tertiary/aromatic N) is 1. The molecule has 1 heterocycles. The van der Waals surface area contributed by atoms with Crippen LogP contribution in [0.1, 0.15) is 32.1 Å². The van der Waals surface area contributed by atoms with Crippen LogP contribution in [0.15, 0.2) is 22.7 Å². The van der Waals surface area contributed by atoms with Crippen LogP contribution in [0.5, 0.6) is 0 Å². The lowest BCUT2D eigenvalue weighted by Gasteiger charge is -2.34. The molecular weight excluding hydrogens is 324 g/mol. The minimum absolute atomic E-state index is 0.350. The molecule has 0 aromatic heterocycles. The summed E-state index contributed by atoms with van der Waals surface area (Å²) in [5.41, 5.74) is 1.63. The summed E-state index contributed by atoms with van der Waals surface area (Å²) in [6.07, 6.45) is 6.58. The van der Waals surface area contributed by atoms with Crippen molar-refractivity contribution in [1.82, 2.24) is 5.32 Å². The molecule has 0 atom stereocenters. The highest BCUT2D eigenvalue weighted by Crippen LogP contribution is 2.34. The second-order valence-corrected chi connectivity index (χ2v) is 7.05. The summed E-state index contributed by atoms with van der Waals surface area (Å²) in [5.74, 6) is 0. The van der Waals surface area contributed by atoms with Crippen molar-refractivity contribution >= 4 is 33.2 Å². The SMILES string of the molecule is Clc1ccc(N2CCCNC3(CCCC3)C2)cc1Br. The molecule has 1 saturated carbocycles. The summed E-state index contributed by atoms with van der Waals surface area (Å²) in [7, 11) is 0. The molecule has 1 aromatic rings. The van der Waals surface area contributed by atoms with E-state index in [-0.39, 0.29) is 0 Å². The summed E-state index contributed by atoms with van der Waals surface area (Å²) in [5, 5.41) is 4.59. The first-order valence-corrected chi connectivity index (χ1v) is 8.31. The minimum Gasteiger partial charge on any atom is -0.370 e. The van der Waals surface area contributed by atoms with Gasteiger partial charge in [0.1, 0.15) is 0 Å². The van der Waals surface area contributed by atoms with Crippen molar-refractivity contribution in [3.8, 4) is 0 Å². The molecule has 4 heteroatoms. The minimum atomic E-state index is 0.350. The second kappa shape index (κ2) is 5.63. The molecule has 0 bridgehead atoms. The van der Waals surface area contributed by atoms with E-state index in [2.05, 4.69) is 38.3 Å². The van der Waals surface area contributed by atoms with Crippen molar-refractivity contribution in [3.63, 3.8) is 0 Å². The molecule has 104 valence electrons. The Morgan fingerprint density at radius 3 is 2.74 bits per heavy atom. The predicted molar refractivity (Wildman–Crippen MR) is 85.2 cm³/mol. The maximum absolute atomic E-state index is 6.09. The monoisotopic (exact) mass is 342 g/mol. The summed E-state index contributed by atoms with van der Waals surface area (Å²) in [6.45, 7) is 3.40. The largest absolute Gasteiger partial charge is 0.370 e. The highest BCUT2D eigenvalue weighted by atomic mass is 79.9. The first-order chi connectivity index (χ1) is 9.19. The Kier molecular flexibility index (Phi) is 4.06. The van der Waals surface area contributed by atoms with Crippen LogP contribution in [-0.2, 0) is 0 Å². The van der Waals surface area contributed by atoms with Gasteiger partial charge in [-0.3, -0.25) is 0 Å². The molecule has 1 spiro atoms. The van der Waals surface area contributed by atoms with Crippen molar-refractivity contribution in [1.29, 1.82) is 0 Å². The molecule has 0 amide bonds. The van der Waals surface area contributed by atoms with Crippen molar-refractivity contribution in [2.24, 2.45) is 0 Å². The summed E-state index contributed by atoms with van der Waals surface area (Å²) in [4.78, 5) is 2.52. The number of halogens is 2. The Morgan fingerprint density at radius 1 is 1.21 bits per heavy atom. The molecule has 2 fully saturated rings. The van der Waals surface area contributed by atoms with Gasteiger partial charge in [0.15, 0.2) is 0 Å². The van der Waals surface area contributed by atoms with E-state index in [1.807, 2.05) is 6.07 Å². The lowest BCUT2D eigenvalue weighted by Crippen LogP contribution is -2.49. The Morgan fingerprint density at radius 2 is 2.00 bits per heavy atom. The molecule has 2 nitrogen and oxygen atoms in total. The summed E-state index contributed by atoms with van der Waals surface area (Å²) < 4.78 is 0.990. The standard InChI is InChI=1S/C15H20BrClN2/c16-13-10-12(4-5-14(13)17)19-9-3-8-18-15(11-19)6-1-2-7-15/h4-5,10,18H,1-3,6-9,11H2. The first-order valence-electron chi connectivity index (χ1n) is 7.14. The molecule has 1 aliphatic carbocycles. The van der Waals surface area contributed by atoms with Crippen LogP contribution in [0, 0.1) is 0 Å². The molecule has 2 aliphatic rings. The van der Waals surface area contributed by atoms with Gasteiger partial charge in [-0.2, -0.15) is 0 Å². The van der Waals surface area contributed by atoms with E-state index in [0.29, 0.717) is 5.54 Å². The third kappa shape index (κ3) is 2.93. The van der Waals surface area contributed by atoms with E-state index in [1.165, 1.54) is 37.8 Å². The van der Waals surface area contributed by atoms with Crippen LogP contribution in [0.25, 0.3) is 0 Å². The topological polar surface area (TPSA) is 15.3 Å². The number of anilines is 1. The number of hydrogen-bond donors (Lipinski definition) is 1. The molecule has 19 heavy (non-hydrogen) atoms. The van der Waals surface area contributed by atoms with Crippen LogP contribution < -0.4 is 10.2 Å². The quantitative estimate of drug-likeness (QED) is 0.821. The number of nitrogens with one attached hydrogen (secondary N) is 1. The third-order valence-electron chi connectivity index (χ3n) is 4.43. The Labute approximate surface area is 128 Å². The zero-order valence-corrected chi connectivity index (χ0v) is 13.4. The summed E-state index contributed by atoms with van der Waals surface area (Å²) >= 11 is 9.63. The Hall–Kier alpha value is -0.250. The molecule has 3 rings (SSSR count). The second-order valence-electron chi connectivity index (χ2n) is 5.79. The van der Waals surface area contributed by atoms with Crippen molar-refractivity contribution in [2.75, 3.05) is 24.5 Å². The average Bonchev–Trinajstić information content (AvgIpc) is 2.74. The normalized spacial score (nSPS) is 22.7. The smallest absolute Gasteiger partial charge is 0.0549 e. The molecule has 1 saturated heterocycles. The molecule has 1 aliphatic heterocycles. The van der Waals surface area contributed by atoms with Crippen LogP contribution in [0.2, 0.25) is 5.02 Å². The highest BCUT2D eigenvalue weighted by molar-refractivity contribution is 9.10. The van der Waals surface area contributed by atoms with Crippen molar-refractivity contribution < 1.29 is 0 Å². The van der Waals surface area contributed by atoms with Gasteiger partial charge in [0, 0.05) is 28.8 Å². The fraction of sp³-hybridized carbons (Fsp3) is 0.600. The van der Waals surface area contributed by atoms with Crippen molar-refractivity contribution in [3.05, 3.63) is 27.7 Å². The molecule has 1 N–H and O–H groups in total. The van der Waals surface area contributed by atoms with Gasteiger partial charge in [0.25, 0.3) is 0 Å². The van der Waals surface area contributed by atoms with Crippen molar-refractivity contribution in [2.45, 2.75) is 37.6 Å². The van der Waals surface area contributed by atoms with Gasteiger partial charge in [-0.05, 0) is 59.9 Å². The van der Waals surface area contributed by atoms with Gasteiger partial charge in [0.2, 0.25) is 0 Å². The van der Waals surface area contributed by atoms with Gasteiger partial charge in [-0.25, -0.2) is 0 Å². The fourth-order valence-electron chi connectivity index (χ4n) is 3.41. The molecule has 0 unspecified atom stereocenters. The van der Waals surface area contributed by atoms with E-state index >= 15 is 0 Å². The number of benzene rings is 1. The van der Waals surface area contributed by atoms with E-state index in [4.69, 9.17) is 11.6 Å². The third-order valence-corrected chi connectivity index (χ3v) is 5.64. The first kappa shape index (κ1) is 13.7. The number of hydrogen-bond acceptors (Lipinski definition) is 2. The van der Waals surface area contributed by atoms with Gasteiger partial charge >= 0.3 is 0 Å². The van der Waals surface area contributed by atoms with Gasteiger partial charge in [-0.1, -0.05) is 24.4 Å². The lowest BCUT2D eigenvalue weighted by atomic mass is 9.97. The van der Waals surface area contributed by atoms with Crippen LogP contribution in [0.3, 0.4) is 0 Å². The molecule has 0 radical (unpaired) electrons. The zero-order chi connectivity index (χ0) is 13.3. The summed E-state index contributed by atoms with van der Waals surface area (Å²) in [6, 6.07) is 6.28. The fourth-order valence-corrected chi connectivity index (χ4v) is 3.90. The van der Waals surface area contributed by atoms with Crippen LogP contribution >= 0.6 is 27.5 Å². The van der Waals surface area contributed by atoms with E-state index < -0.39 is 0 Å². The van der Waals surface area contributed by atoms with E-state index in [1.54, 1.807) is 0 Å². The zero-order valence-electron chi connectivity index (χ0n) is 11.1. The van der Waals surface area contributed by atoms with E-state index in [9.17, 15) is 0 Å². The van der Waals surface area contributed by atoms with Gasteiger partial charge in [-0.15, -0.1) is 0 Å². The molecule has 1 aromatic carbocycles. The lowest BCUT2D eigenvalue weighted by molar-refractivity contribution is 0.354. The van der Waals surface area contributed by atoms with Crippen LogP contribution in [-0.4, -0.2) is 25.2 Å². The maximum Gasteiger partial charge on any atom is 0.0549 e. The van der Waals surface area contributed by atoms with Crippen LogP contribution in [0.4, 0.5) is 5.69 Å². The van der Waals surface area contributed by atoms with Gasteiger partial charge < -0.3 is 10.2 Å². The molecular formula is C15H20BrClN2. The Balaban J connectivity index is 1.84. The average molecular weight is 344 g/mol. The maximum atomic E-state index is 6.09. The Bertz CT molecular complexity index is 457. The highest BCUT2D eigenvalue weighted by Gasteiger charge is 2.36. The number of rotatable bonds is 1. The van der Waals surface area contributed by atoms with Gasteiger partial charge in [0.05, 0.1) is 5.02 Å². The predicted octanol–water partition coefficient (Wildman–Crippen LogP) is 4.22.